The highest BCUT2D eigenvalue weighted by Gasteiger charge is 2.10. The van der Waals surface area contributed by atoms with E-state index in [2.05, 4.69) is 0 Å². The van der Waals surface area contributed by atoms with Gasteiger partial charge in [0.15, 0.2) is 0 Å². The third kappa shape index (κ3) is 2.48. The fourth-order valence-electron chi connectivity index (χ4n) is 1.93. The molecule has 0 spiro atoms. The lowest BCUT2D eigenvalue weighted by atomic mass is 9.93. The summed E-state index contributed by atoms with van der Waals surface area (Å²) in [5, 5.41) is 9.44. The average molecular weight is 192 g/mol. The third-order valence-corrected chi connectivity index (χ3v) is 2.74. The molecule has 2 nitrogen and oxygen atoms in total. The molecule has 0 fully saturated rings. The Hall–Kier alpha value is -1.02. The Labute approximate surface area is 84.2 Å². The Kier molecular flexibility index (Phi) is 3.04. The van der Waals surface area contributed by atoms with Crippen molar-refractivity contribution in [1.82, 2.24) is 0 Å². The van der Waals surface area contributed by atoms with E-state index in [-0.39, 0.29) is 6.10 Å². The van der Waals surface area contributed by atoms with Gasteiger partial charge in [-0.2, -0.15) is 0 Å². The van der Waals surface area contributed by atoms with Gasteiger partial charge in [0.2, 0.25) is 0 Å². The summed E-state index contributed by atoms with van der Waals surface area (Å²) >= 11 is 0. The molecule has 76 valence electrons. The second kappa shape index (κ2) is 4.47. The minimum absolute atomic E-state index is 0.205. The lowest BCUT2D eigenvalue weighted by molar-refractivity contribution is 0.201. The molecular formula is C12H16O2. The number of aliphatic hydroxyl groups is 1. The molecule has 1 aromatic rings. The summed E-state index contributed by atoms with van der Waals surface area (Å²) in [6, 6.07) is 2.00. The zero-order valence-corrected chi connectivity index (χ0v) is 8.28. The molecule has 0 bridgehead atoms. The van der Waals surface area contributed by atoms with Crippen molar-refractivity contribution in [3.63, 3.8) is 0 Å². The number of aryl methyl sites for hydroxylation is 1. The van der Waals surface area contributed by atoms with Crippen LogP contribution < -0.4 is 0 Å². The number of aliphatic hydroxyl groups excluding tert-OH is 1. The fourth-order valence-corrected chi connectivity index (χ4v) is 1.93. The molecule has 1 N–H and O–H groups in total. The quantitative estimate of drug-likeness (QED) is 0.747. The topological polar surface area (TPSA) is 33.4 Å². The van der Waals surface area contributed by atoms with Gasteiger partial charge in [0.1, 0.15) is 0 Å². The molecule has 2 rings (SSSR count). The first-order valence-electron chi connectivity index (χ1n) is 5.23. The monoisotopic (exact) mass is 192 g/mol. The van der Waals surface area contributed by atoms with Crippen LogP contribution in [-0.4, -0.2) is 11.2 Å². The van der Waals surface area contributed by atoms with Crippen LogP contribution in [0.25, 0.3) is 0 Å². The van der Waals surface area contributed by atoms with Crippen LogP contribution in [0.15, 0.2) is 34.7 Å². The standard InChI is InChI=1S/C12H16O2/c13-12-3-1-2-10(8-12)4-5-11-6-7-14-9-11/h6-9,12-13H,1-5H2. The Morgan fingerprint density at radius 2 is 2.36 bits per heavy atom. The molecule has 1 aliphatic carbocycles. The fraction of sp³-hybridized carbons (Fsp3) is 0.500. The maximum atomic E-state index is 9.44. The van der Waals surface area contributed by atoms with Gasteiger partial charge in [-0.1, -0.05) is 11.6 Å². The maximum absolute atomic E-state index is 9.44. The molecule has 14 heavy (non-hydrogen) atoms. The molecule has 1 aromatic heterocycles. The molecule has 0 aliphatic heterocycles. The zero-order chi connectivity index (χ0) is 9.80. The highest BCUT2D eigenvalue weighted by Crippen LogP contribution is 2.22. The number of hydrogen-bond donors (Lipinski definition) is 1. The van der Waals surface area contributed by atoms with Crippen molar-refractivity contribution >= 4 is 0 Å². The molecule has 1 atom stereocenters. The van der Waals surface area contributed by atoms with Crippen molar-refractivity contribution in [2.75, 3.05) is 0 Å². The Morgan fingerprint density at radius 3 is 3.07 bits per heavy atom. The van der Waals surface area contributed by atoms with Crippen molar-refractivity contribution in [3.8, 4) is 0 Å². The molecule has 1 unspecified atom stereocenters. The van der Waals surface area contributed by atoms with E-state index in [0.717, 1.165) is 32.1 Å². The van der Waals surface area contributed by atoms with Gasteiger partial charge in [-0.25, -0.2) is 0 Å². The summed E-state index contributed by atoms with van der Waals surface area (Å²) in [5.41, 5.74) is 2.64. The van der Waals surface area contributed by atoms with Gasteiger partial charge in [0.25, 0.3) is 0 Å². The molecule has 0 amide bonds. The van der Waals surface area contributed by atoms with Gasteiger partial charge >= 0.3 is 0 Å². The summed E-state index contributed by atoms with van der Waals surface area (Å²) in [6.45, 7) is 0. The zero-order valence-electron chi connectivity index (χ0n) is 8.28. The van der Waals surface area contributed by atoms with Crippen LogP contribution in [0.2, 0.25) is 0 Å². The first-order chi connectivity index (χ1) is 6.84. The van der Waals surface area contributed by atoms with Crippen molar-refractivity contribution in [2.24, 2.45) is 0 Å². The van der Waals surface area contributed by atoms with Crippen LogP contribution in [0.3, 0.4) is 0 Å². The minimum Gasteiger partial charge on any atom is -0.472 e. The highest BCUT2D eigenvalue weighted by atomic mass is 16.3. The largest absolute Gasteiger partial charge is 0.472 e. The predicted octanol–water partition coefficient (Wildman–Crippen LogP) is 2.68. The number of rotatable bonds is 3. The minimum atomic E-state index is -0.205. The van der Waals surface area contributed by atoms with E-state index in [1.807, 2.05) is 12.1 Å². The van der Waals surface area contributed by atoms with E-state index in [1.165, 1.54) is 11.1 Å². The molecular weight excluding hydrogens is 176 g/mol. The second-order valence-corrected chi connectivity index (χ2v) is 3.92. The van der Waals surface area contributed by atoms with Crippen molar-refractivity contribution in [2.45, 2.75) is 38.2 Å². The number of allylic oxidation sites excluding steroid dienone is 1. The van der Waals surface area contributed by atoms with Crippen LogP contribution in [0.1, 0.15) is 31.2 Å². The van der Waals surface area contributed by atoms with E-state index in [4.69, 9.17) is 4.42 Å². The van der Waals surface area contributed by atoms with Gasteiger partial charge in [-0.3, -0.25) is 0 Å². The van der Waals surface area contributed by atoms with Crippen molar-refractivity contribution < 1.29 is 9.52 Å². The van der Waals surface area contributed by atoms with Gasteiger partial charge in [-0.05, 0) is 43.7 Å². The van der Waals surface area contributed by atoms with Gasteiger partial charge in [-0.15, -0.1) is 0 Å². The van der Waals surface area contributed by atoms with Crippen LogP contribution in [0.4, 0.5) is 0 Å². The Balaban J connectivity index is 1.86. The van der Waals surface area contributed by atoms with Gasteiger partial charge in [0, 0.05) is 0 Å². The molecule has 1 aliphatic rings. The summed E-state index contributed by atoms with van der Waals surface area (Å²) in [5.74, 6) is 0. The van der Waals surface area contributed by atoms with Crippen LogP contribution in [0, 0.1) is 0 Å². The second-order valence-electron chi connectivity index (χ2n) is 3.92. The maximum Gasteiger partial charge on any atom is 0.0934 e. The van der Waals surface area contributed by atoms with Crippen LogP contribution in [-0.2, 0) is 6.42 Å². The van der Waals surface area contributed by atoms with Crippen molar-refractivity contribution in [3.05, 3.63) is 35.8 Å². The van der Waals surface area contributed by atoms with Crippen LogP contribution >= 0.6 is 0 Å². The van der Waals surface area contributed by atoms with E-state index in [9.17, 15) is 5.11 Å². The summed E-state index contributed by atoms with van der Waals surface area (Å²) in [4.78, 5) is 0. The Morgan fingerprint density at radius 1 is 1.43 bits per heavy atom. The summed E-state index contributed by atoms with van der Waals surface area (Å²) < 4.78 is 5.01. The molecule has 0 radical (unpaired) electrons. The first kappa shape index (κ1) is 9.53. The normalized spacial score (nSPS) is 22.1. The van der Waals surface area contributed by atoms with E-state index in [1.54, 1.807) is 12.5 Å². The molecule has 0 saturated heterocycles. The smallest absolute Gasteiger partial charge is 0.0934 e. The van der Waals surface area contributed by atoms with E-state index < -0.39 is 0 Å². The first-order valence-corrected chi connectivity index (χ1v) is 5.23. The summed E-state index contributed by atoms with van der Waals surface area (Å²) in [6.07, 6.45) is 10.6. The SMILES string of the molecule is OC1C=C(CCc2ccoc2)CCC1. The van der Waals surface area contributed by atoms with Gasteiger partial charge < -0.3 is 9.52 Å². The average Bonchev–Trinajstić information content (AvgIpc) is 2.67. The molecule has 1 heterocycles. The number of furan rings is 1. The number of hydrogen-bond acceptors (Lipinski definition) is 2. The van der Waals surface area contributed by atoms with Gasteiger partial charge in [0.05, 0.1) is 18.6 Å². The van der Waals surface area contributed by atoms with Crippen LogP contribution in [0.5, 0.6) is 0 Å². The van der Waals surface area contributed by atoms with Crippen molar-refractivity contribution in [1.29, 1.82) is 0 Å². The predicted molar refractivity (Wildman–Crippen MR) is 55.0 cm³/mol. The molecule has 0 aromatic carbocycles. The Bertz CT molecular complexity index is 298. The third-order valence-electron chi connectivity index (χ3n) is 2.74. The molecule has 2 heteroatoms. The van der Waals surface area contributed by atoms with E-state index >= 15 is 0 Å². The lowest BCUT2D eigenvalue weighted by Crippen LogP contribution is -2.09. The summed E-state index contributed by atoms with van der Waals surface area (Å²) in [7, 11) is 0. The molecule has 0 saturated carbocycles. The lowest BCUT2D eigenvalue weighted by Gasteiger charge is -2.16. The van der Waals surface area contributed by atoms with E-state index in [0.29, 0.717) is 0 Å². The highest BCUT2D eigenvalue weighted by molar-refractivity contribution is 5.13.